The van der Waals surface area contributed by atoms with Crippen molar-refractivity contribution in [2.45, 2.75) is 98.8 Å². The van der Waals surface area contributed by atoms with Gasteiger partial charge in [-0.2, -0.15) is 0 Å². The molecule has 48 heavy (non-hydrogen) atoms. The number of likely N-dealkylation sites (tertiary alicyclic amines) is 1. The lowest BCUT2D eigenvalue weighted by molar-refractivity contribution is -0.145. The molecule has 4 rings (SSSR count). The molecule has 6 amide bonds. The first-order valence-electron chi connectivity index (χ1n) is 16.7. The molecule has 1 unspecified atom stereocenters. The number of nitrogens with zero attached hydrogens (tertiary/aromatic N) is 1. The van der Waals surface area contributed by atoms with Crippen LogP contribution in [0.25, 0.3) is 0 Å². The highest BCUT2D eigenvalue weighted by Gasteiger charge is 2.70. The molecule has 13 heteroatoms. The van der Waals surface area contributed by atoms with Crippen LogP contribution < -0.4 is 27.0 Å². The van der Waals surface area contributed by atoms with Gasteiger partial charge in [0.15, 0.2) is 0 Å². The number of ketones is 1. The number of carbonyl (C=O) groups is 6. The van der Waals surface area contributed by atoms with E-state index in [0.717, 1.165) is 12.8 Å². The molecule has 6 N–H and O–H groups in total. The average molecular weight is 669 g/mol. The normalized spacial score (nSPS) is 23.1. The topological polar surface area (TPSA) is 189 Å². The number of nitrogens with two attached hydrogens (primary N) is 1. The second kappa shape index (κ2) is 13.8. The predicted molar refractivity (Wildman–Crippen MR) is 179 cm³/mol. The number of piperidine rings is 1. The second-order valence-electron chi connectivity index (χ2n) is 16.3. The van der Waals surface area contributed by atoms with Crippen LogP contribution in [0.5, 0.6) is 0 Å². The van der Waals surface area contributed by atoms with Crippen molar-refractivity contribution in [3.63, 3.8) is 0 Å². The lowest BCUT2D eigenvalue weighted by Gasteiger charge is -2.38. The Bertz CT molecular complexity index is 1410. The first-order valence-corrected chi connectivity index (χ1v) is 16.7. The summed E-state index contributed by atoms with van der Waals surface area (Å²) in [5.41, 5.74) is 4.40. The number of nitrogens with one attached hydrogen (secondary N) is 4. The fourth-order valence-electron chi connectivity index (χ4n) is 6.65. The Kier molecular flexibility index (Phi) is 10.5. The quantitative estimate of drug-likeness (QED) is 0.211. The molecule has 0 spiro atoms. The maximum absolute atomic E-state index is 14.3. The van der Waals surface area contributed by atoms with E-state index >= 15 is 0 Å². The molecular weight excluding hydrogens is 616 g/mol. The molecule has 1 saturated heterocycles. The van der Waals surface area contributed by atoms with E-state index in [-0.39, 0.29) is 29.8 Å². The number of primary amides is 1. The van der Waals surface area contributed by atoms with E-state index in [9.17, 15) is 28.8 Å². The van der Waals surface area contributed by atoms with Gasteiger partial charge in [-0.15, -0.1) is 0 Å². The molecule has 1 aliphatic heterocycles. The van der Waals surface area contributed by atoms with Crippen molar-refractivity contribution in [2.75, 3.05) is 18.5 Å². The van der Waals surface area contributed by atoms with Crippen LogP contribution in [0.1, 0.15) is 74.7 Å². The number of para-hydroxylation sites is 1. The standard InChI is InChI=1S/C35H52N6O7/c1-33(2,3)23(18-48-32(47)37-20-12-10-9-11-13-20)39-31(46)40-27(34(4,5)6)30(45)41-17-21-24(35(21,7)8)25(41)29(44)38-22(16-19-14-15-19)26(42)28(36)43/h9-13,19,21-25,27H,14-18H2,1-8H3,(H2,36,43)(H,37,47)(H,38,44)(H2,39,40,46)/t21-,22?,23+,24-,25-,27+/m0/s1. The molecular formula is C35H52N6O7. The van der Waals surface area contributed by atoms with E-state index in [1.54, 1.807) is 24.3 Å². The number of urea groups is 1. The third-order valence-electron chi connectivity index (χ3n) is 10.0. The van der Waals surface area contributed by atoms with Crippen LogP contribution in [-0.2, 0) is 23.9 Å². The third kappa shape index (κ3) is 8.65. The van der Waals surface area contributed by atoms with Crippen molar-refractivity contribution in [1.29, 1.82) is 0 Å². The summed E-state index contributed by atoms with van der Waals surface area (Å²) < 4.78 is 5.44. The summed E-state index contributed by atoms with van der Waals surface area (Å²) in [6.07, 6.45) is 1.48. The average Bonchev–Trinajstić information content (AvgIpc) is 3.83. The summed E-state index contributed by atoms with van der Waals surface area (Å²) in [7, 11) is 0. The third-order valence-corrected chi connectivity index (χ3v) is 10.0. The van der Waals surface area contributed by atoms with Gasteiger partial charge < -0.3 is 31.3 Å². The summed E-state index contributed by atoms with van der Waals surface area (Å²) >= 11 is 0. The Balaban J connectivity index is 1.46. The van der Waals surface area contributed by atoms with Gasteiger partial charge in [-0.3, -0.25) is 24.5 Å². The second-order valence-corrected chi connectivity index (χ2v) is 16.3. The molecule has 13 nitrogen and oxygen atoms in total. The Morgan fingerprint density at radius 2 is 1.56 bits per heavy atom. The van der Waals surface area contributed by atoms with Gasteiger partial charge in [0.2, 0.25) is 17.6 Å². The Morgan fingerprint density at radius 3 is 2.10 bits per heavy atom. The molecule has 0 bridgehead atoms. The minimum absolute atomic E-state index is 0.0600. The number of fused-ring (bicyclic) bond motifs is 1. The molecule has 2 saturated carbocycles. The largest absolute Gasteiger partial charge is 0.447 e. The minimum Gasteiger partial charge on any atom is -0.447 e. The van der Waals surface area contributed by atoms with Gasteiger partial charge in [0.1, 0.15) is 18.7 Å². The molecule has 3 fully saturated rings. The number of amides is 6. The van der Waals surface area contributed by atoms with E-state index in [2.05, 4.69) is 21.3 Å². The number of ether oxygens (including phenoxy) is 1. The van der Waals surface area contributed by atoms with Gasteiger partial charge in [0.05, 0.1) is 12.1 Å². The number of benzene rings is 1. The molecule has 1 heterocycles. The highest BCUT2D eigenvalue weighted by molar-refractivity contribution is 6.37. The highest BCUT2D eigenvalue weighted by Crippen LogP contribution is 2.65. The van der Waals surface area contributed by atoms with Gasteiger partial charge in [0, 0.05) is 12.2 Å². The van der Waals surface area contributed by atoms with Crippen molar-refractivity contribution >= 4 is 41.3 Å². The number of carbonyl (C=O) groups excluding carboxylic acids is 6. The van der Waals surface area contributed by atoms with Gasteiger partial charge >= 0.3 is 12.1 Å². The molecule has 1 aromatic rings. The SMILES string of the molecule is CC(C)(C)[C@H](NC(=O)N[C@H](COC(=O)Nc1ccccc1)C(C)(C)C)C(=O)N1C[C@H]2[C@@H]([C@H]1C(=O)NC(CC1CC1)C(=O)C(N)=O)C2(C)C. The number of Topliss-reactive ketones (excluding diaryl/α,β-unsaturated/α-hetero) is 1. The van der Waals surface area contributed by atoms with Crippen molar-refractivity contribution in [1.82, 2.24) is 20.9 Å². The van der Waals surface area contributed by atoms with Crippen LogP contribution in [0.3, 0.4) is 0 Å². The summed E-state index contributed by atoms with van der Waals surface area (Å²) in [6, 6.07) is 4.65. The summed E-state index contributed by atoms with van der Waals surface area (Å²) in [6.45, 7) is 15.4. The Labute approximate surface area is 282 Å². The lowest BCUT2D eigenvalue weighted by Crippen LogP contribution is -2.62. The van der Waals surface area contributed by atoms with Gasteiger partial charge in [0.25, 0.3) is 5.91 Å². The molecule has 3 aliphatic rings. The number of hydrogen-bond donors (Lipinski definition) is 5. The summed E-state index contributed by atoms with van der Waals surface area (Å²) in [4.78, 5) is 80.0. The fraction of sp³-hybridized carbons (Fsp3) is 0.657. The lowest BCUT2D eigenvalue weighted by atomic mass is 9.85. The number of anilines is 1. The summed E-state index contributed by atoms with van der Waals surface area (Å²) in [5.74, 6) is -2.74. The van der Waals surface area contributed by atoms with E-state index in [1.807, 2.05) is 61.5 Å². The van der Waals surface area contributed by atoms with Crippen LogP contribution in [-0.4, -0.2) is 77.8 Å². The van der Waals surface area contributed by atoms with Crippen molar-refractivity contribution in [2.24, 2.45) is 39.7 Å². The van der Waals surface area contributed by atoms with Gasteiger partial charge in [-0.05, 0) is 52.6 Å². The molecule has 6 atom stereocenters. The maximum atomic E-state index is 14.3. The van der Waals surface area contributed by atoms with E-state index in [4.69, 9.17) is 10.5 Å². The zero-order valence-electron chi connectivity index (χ0n) is 29.3. The Hall–Kier alpha value is -4.16. The van der Waals surface area contributed by atoms with Crippen molar-refractivity contribution in [3.8, 4) is 0 Å². The van der Waals surface area contributed by atoms with E-state index in [0.29, 0.717) is 18.7 Å². The maximum Gasteiger partial charge on any atom is 0.411 e. The van der Waals surface area contributed by atoms with Gasteiger partial charge in [-0.1, -0.05) is 86.4 Å². The summed E-state index contributed by atoms with van der Waals surface area (Å²) in [5, 5.41) is 11.1. The zero-order chi connectivity index (χ0) is 35.8. The molecule has 264 valence electrons. The monoisotopic (exact) mass is 668 g/mol. The molecule has 1 aromatic carbocycles. The fourth-order valence-corrected chi connectivity index (χ4v) is 6.65. The zero-order valence-corrected chi connectivity index (χ0v) is 29.3. The first-order chi connectivity index (χ1) is 22.2. The van der Waals surface area contributed by atoms with Crippen LogP contribution >= 0.6 is 0 Å². The van der Waals surface area contributed by atoms with E-state index < -0.39 is 70.6 Å². The van der Waals surface area contributed by atoms with Crippen molar-refractivity contribution in [3.05, 3.63) is 30.3 Å². The van der Waals surface area contributed by atoms with Crippen LogP contribution in [0.4, 0.5) is 15.3 Å². The van der Waals surface area contributed by atoms with E-state index in [1.165, 1.54) is 4.90 Å². The van der Waals surface area contributed by atoms with Crippen molar-refractivity contribution < 1.29 is 33.5 Å². The van der Waals surface area contributed by atoms with Crippen LogP contribution in [0.2, 0.25) is 0 Å². The molecule has 0 aromatic heterocycles. The predicted octanol–water partition coefficient (Wildman–Crippen LogP) is 3.19. The Morgan fingerprint density at radius 1 is 0.938 bits per heavy atom. The van der Waals surface area contributed by atoms with Crippen LogP contribution in [0.15, 0.2) is 30.3 Å². The highest BCUT2D eigenvalue weighted by atomic mass is 16.5. The first kappa shape index (κ1) is 36.7. The molecule has 2 aliphatic carbocycles. The van der Waals surface area contributed by atoms with Crippen LogP contribution in [0, 0.1) is 34.0 Å². The van der Waals surface area contributed by atoms with Gasteiger partial charge in [-0.25, -0.2) is 9.59 Å². The molecule has 0 radical (unpaired) electrons. The number of rotatable bonds is 12. The minimum atomic E-state index is -1.11. The number of hydrogen-bond acceptors (Lipinski definition) is 7. The smallest absolute Gasteiger partial charge is 0.411 e.